The lowest BCUT2D eigenvalue weighted by atomic mass is 9.90. The molecule has 1 atom stereocenters. The van der Waals surface area contributed by atoms with Crippen LogP contribution >= 0.6 is 11.3 Å². The Bertz CT molecular complexity index is 1070. The number of hydrogen-bond donors (Lipinski definition) is 1. The Hall–Kier alpha value is -3.00. The number of nitrogens with one attached hydrogen (secondary N) is 1. The van der Waals surface area contributed by atoms with Crippen molar-refractivity contribution in [1.82, 2.24) is 25.0 Å². The number of carbonyl (C=O) groups excluding carboxylic acids is 2. The molecular weight excluding hydrogens is 386 g/mol. The Morgan fingerprint density at radius 1 is 1.21 bits per heavy atom. The van der Waals surface area contributed by atoms with Gasteiger partial charge in [-0.1, -0.05) is 38.1 Å². The van der Waals surface area contributed by atoms with Gasteiger partial charge >= 0.3 is 6.03 Å². The van der Waals surface area contributed by atoms with E-state index >= 15 is 0 Å². The molecule has 2 aromatic heterocycles. The van der Waals surface area contributed by atoms with E-state index in [-0.39, 0.29) is 12.5 Å². The number of urea groups is 1. The lowest BCUT2D eigenvalue weighted by molar-refractivity contribution is -0.131. The van der Waals surface area contributed by atoms with Crippen molar-refractivity contribution in [3.05, 3.63) is 58.9 Å². The first-order chi connectivity index (χ1) is 13.8. The first-order valence-corrected chi connectivity index (χ1v) is 10.3. The van der Waals surface area contributed by atoms with Crippen molar-refractivity contribution < 1.29 is 9.59 Å². The monoisotopic (exact) mass is 409 g/mol. The number of aromatic nitrogens is 3. The van der Waals surface area contributed by atoms with E-state index in [1.807, 2.05) is 42.9 Å². The van der Waals surface area contributed by atoms with Gasteiger partial charge in [-0.15, -0.1) is 11.3 Å². The molecule has 1 unspecified atom stereocenters. The summed E-state index contributed by atoms with van der Waals surface area (Å²) >= 11 is 1.47. The fourth-order valence-electron chi connectivity index (χ4n) is 3.44. The van der Waals surface area contributed by atoms with Gasteiger partial charge in [0.2, 0.25) is 0 Å². The average Bonchev–Trinajstić information content (AvgIpc) is 3.38. The molecule has 29 heavy (non-hydrogen) atoms. The van der Waals surface area contributed by atoms with Crippen LogP contribution in [0.4, 0.5) is 4.79 Å². The maximum Gasteiger partial charge on any atom is 0.325 e. The molecule has 0 spiro atoms. The summed E-state index contributed by atoms with van der Waals surface area (Å²) < 4.78 is 1.71. The number of thiazole rings is 1. The third-order valence-corrected chi connectivity index (χ3v) is 6.19. The summed E-state index contributed by atoms with van der Waals surface area (Å²) in [6.45, 7) is 6.13. The largest absolute Gasteiger partial charge is 0.325 e. The molecule has 1 aromatic carbocycles. The summed E-state index contributed by atoms with van der Waals surface area (Å²) in [5.41, 5.74) is 2.48. The second-order valence-corrected chi connectivity index (χ2v) is 8.63. The highest BCUT2D eigenvalue weighted by Gasteiger charge is 2.49. The number of aryl methyl sites for hydroxylation is 1. The van der Waals surface area contributed by atoms with Crippen molar-refractivity contribution in [2.75, 3.05) is 0 Å². The molecule has 7 nitrogen and oxygen atoms in total. The molecule has 1 saturated heterocycles. The Labute approximate surface area is 173 Å². The molecule has 0 saturated carbocycles. The number of rotatable bonds is 5. The number of hydrogen-bond acceptors (Lipinski definition) is 5. The number of amides is 3. The standard InChI is InChI=1S/C21H23N5O2S/c1-13(2)14-5-7-16(8-6-14)21(3)19(27)26(20(28)24-21)11-17-12-29-18(23-17)15-9-22-25(4)10-15/h5-10,12-13H,11H2,1-4H3,(H,24,28). The van der Waals surface area contributed by atoms with Gasteiger partial charge in [0.05, 0.1) is 18.4 Å². The van der Waals surface area contributed by atoms with Crippen LogP contribution < -0.4 is 5.32 Å². The number of nitrogens with zero attached hydrogens (tertiary/aromatic N) is 4. The van der Waals surface area contributed by atoms with Gasteiger partial charge in [-0.05, 0) is 24.0 Å². The Balaban J connectivity index is 1.54. The zero-order valence-electron chi connectivity index (χ0n) is 16.8. The number of imide groups is 1. The topological polar surface area (TPSA) is 80.1 Å². The lowest BCUT2D eigenvalue weighted by Crippen LogP contribution is -2.40. The second kappa shape index (κ2) is 7.11. The maximum atomic E-state index is 13.1. The minimum Gasteiger partial charge on any atom is -0.319 e. The van der Waals surface area contributed by atoms with Crippen molar-refractivity contribution in [1.29, 1.82) is 0 Å². The molecule has 1 N–H and O–H groups in total. The predicted octanol–water partition coefficient (Wildman–Crippen LogP) is 3.63. The van der Waals surface area contributed by atoms with Crippen LogP contribution in [0, 0.1) is 0 Å². The van der Waals surface area contributed by atoms with Crippen molar-refractivity contribution >= 4 is 23.3 Å². The fraction of sp³-hybridized carbons (Fsp3) is 0.333. The van der Waals surface area contributed by atoms with E-state index in [0.717, 1.165) is 16.1 Å². The van der Waals surface area contributed by atoms with Crippen LogP contribution in [0.3, 0.4) is 0 Å². The van der Waals surface area contributed by atoms with Crippen LogP contribution in [-0.4, -0.2) is 31.6 Å². The minimum atomic E-state index is -1.07. The van der Waals surface area contributed by atoms with Gasteiger partial charge in [0.1, 0.15) is 10.5 Å². The first kappa shape index (κ1) is 19.3. The van der Waals surface area contributed by atoms with E-state index in [0.29, 0.717) is 11.6 Å². The minimum absolute atomic E-state index is 0.140. The van der Waals surface area contributed by atoms with Gasteiger partial charge in [-0.2, -0.15) is 5.10 Å². The fourth-order valence-corrected chi connectivity index (χ4v) is 4.23. The van der Waals surface area contributed by atoms with Crippen LogP contribution in [0.15, 0.2) is 42.0 Å². The molecule has 0 bridgehead atoms. The van der Waals surface area contributed by atoms with Gasteiger partial charge in [-0.25, -0.2) is 9.78 Å². The molecule has 3 amide bonds. The summed E-state index contributed by atoms with van der Waals surface area (Å²) in [6.07, 6.45) is 3.63. The molecule has 0 aliphatic carbocycles. The van der Waals surface area contributed by atoms with E-state index in [1.54, 1.807) is 17.8 Å². The molecule has 3 aromatic rings. The van der Waals surface area contributed by atoms with Crippen molar-refractivity contribution in [3.63, 3.8) is 0 Å². The Morgan fingerprint density at radius 3 is 2.55 bits per heavy atom. The SMILES string of the molecule is CC(C)c1ccc(C2(C)NC(=O)N(Cc3csc(-c4cnn(C)c4)n3)C2=O)cc1. The van der Waals surface area contributed by atoms with Crippen molar-refractivity contribution in [3.8, 4) is 10.6 Å². The Morgan fingerprint density at radius 2 is 1.93 bits per heavy atom. The molecule has 3 heterocycles. The van der Waals surface area contributed by atoms with Crippen molar-refractivity contribution in [2.45, 2.75) is 38.8 Å². The number of benzene rings is 1. The first-order valence-electron chi connectivity index (χ1n) is 9.46. The molecule has 1 aliphatic heterocycles. The third-order valence-electron chi connectivity index (χ3n) is 5.25. The van der Waals surface area contributed by atoms with E-state index in [2.05, 4.69) is 29.2 Å². The molecule has 0 radical (unpaired) electrons. The second-order valence-electron chi connectivity index (χ2n) is 7.77. The van der Waals surface area contributed by atoms with Crippen LogP contribution in [0.25, 0.3) is 10.6 Å². The van der Waals surface area contributed by atoms with E-state index in [1.165, 1.54) is 21.8 Å². The summed E-state index contributed by atoms with van der Waals surface area (Å²) in [7, 11) is 1.85. The Kier molecular flexibility index (Phi) is 4.74. The van der Waals surface area contributed by atoms with Crippen LogP contribution in [0.1, 0.15) is 43.5 Å². The van der Waals surface area contributed by atoms with Gasteiger partial charge in [0.15, 0.2) is 0 Å². The van der Waals surface area contributed by atoms with Crippen LogP contribution in [0.2, 0.25) is 0 Å². The molecule has 4 rings (SSSR count). The van der Waals surface area contributed by atoms with Gasteiger partial charge in [0.25, 0.3) is 5.91 Å². The number of carbonyl (C=O) groups is 2. The third kappa shape index (κ3) is 3.44. The van der Waals surface area contributed by atoms with Crippen molar-refractivity contribution in [2.24, 2.45) is 7.05 Å². The van der Waals surface area contributed by atoms with Crippen LogP contribution in [-0.2, 0) is 23.9 Å². The molecule has 1 fully saturated rings. The highest BCUT2D eigenvalue weighted by atomic mass is 32.1. The molecule has 1 aliphatic rings. The molecule has 150 valence electrons. The van der Waals surface area contributed by atoms with Gasteiger partial charge in [0, 0.05) is 24.2 Å². The van der Waals surface area contributed by atoms with Crippen LogP contribution in [0.5, 0.6) is 0 Å². The smallest absolute Gasteiger partial charge is 0.319 e. The summed E-state index contributed by atoms with van der Waals surface area (Å²) in [5.74, 6) is 0.136. The lowest BCUT2D eigenvalue weighted by Gasteiger charge is -2.22. The van der Waals surface area contributed by atoms with Gasteiger partial charge in [-0.3, -0.25) is 14.4 Å². The summed E-state index contributed by atoms with van der Waals surface area (Å²) in [6, 6.07) is 7.45. The molecule has 8 heteroatoms. The highest BCUT2D eigenvalue weighted by molar-refractivity contribution is 7.13. The quantitative estimate of drug-likeness (QED) is 0.653. The zero-order chi connectivity index (χ0) is 20.8. The van der Waals surface area contributed by atoms with E-state index < -0.39 is 11.6 Å². The maximum absolute atomic E-state index is 13.1. The molecular formula is C21H23N5O2S. The highest BCUT2D eigenvalue weighted by Crippen LogP contribution is 2.31. The predicted molar refractivity (Wildman–Crippen MR) is 111 cm³/mol. The average molecular weight is 410 g/mol. The summed E-state index contributed by atoms with van der Waals surface area (Å²) in [4.78, 5) is 31.5. The van der Waals surface area contributed by atoms with E-state index in [9.17, 15) is 9.59 Å². The van der Waals surface area contributed by atoms with E-state index in [4.69, 9.17) is 0 Å². The normalized spacial score (nSPS) is 19.3. The summed E-state index contributed by atoms with van der Waals surface area (Å²) in [5, 5.41) is 9.69. The zero-order valence-corrected chi connectivity index (χ0v) is 17.7. The van der Waals surface area contributed by atoms with Gasteiger partial charge < -0.3 is 5.32 Å².